The third-order valence-corrected chi connectivity index (χ3v) is 6.56. The average molecular weight is 516 g/mol. The van der Waals surface area contributed by atoms with Gasteiger partial charge in [-0.1, -0.05) is 0 Å². The number of nitrogens with one attached hydrogen (secondary N) is 2. The Morgan fingerprint density at radius 1 is 1.15 bits per heavy atom. The van der Waals surface area contributed by atoms with E-state index < -0.39 is 0 Å². The standard InChI is InChI=1S/C19H37N3O3S.HI/c1-3-20-18(22-16-19(26-2)7-13-24-14-8-19)21-9-4-10-25-15-17-5-11-23-12-6-17;/h17H,3-16H2,1-2H3,(H2,20,21,22);1H. The predicted molar refractivity (Wildman–Crippen MR) is 125 cm³/mol. The molecule has 0 aromatic rings. The smallest absolute Gasteiger partial charge is 0.191 e. The topological polar surface area (TPSA) is 64.1 Å². The van der Waals surface area contributed by atoms with Gasteiger partial charge in [0.1, 0.15) is 0 Å². The van der Waals surface area contributed by atoms with E-state index in [-0.39, 0.29) is 28.7 Å². The van der Waals surface area contributed by atoms with Crippen LogP contribution >= 0.6 is 35.7 Å². The van der Waals surface area contributed by atoms with Gasteiger partial charge in [-0.25, -0.2) is 0 Å². The number of rotatable bonds is 10. The van der Waals surface area contributed by atoms with Crippen molar-refractivity contribution in [3.05, 3.63) is 0 Å². The molecule has 0 amide bonds. The van der Waals surface area contributed by atoms with Crippen molar-refractivity contribution in [2.24, 2.45) is 10.9 Å². The summed E-state index contributed by atoms with van der Waals surface area (Å²) in [5, 5.41) is 6.79. The maximum absolute atomic E-state index is 5.83. The average Bonchev–Trinajstić information content (AvgIpc) is 2.70. The molecule has 2 rings (SSSR count). The molecular formula is C19H38IN3O3S. The highest BCUT2D eigenvalue weighted by Crippen LogP contribution is 2.33. The normalized spacial score (nSPS) is 20.7. The van der Waals surface area contributed by atoms with E-state index in [1.54, 1.807) is 0 Å². The summed E-state index contributed by atoms with van der Waals surface area (Å²) in [7, 11) is 0. The van der Waals surface area contributed by atoms with E-state index in [9.17, 15) is 0 Å². The van der Waals surface area contributed by atoms with E-state index >= 15 is 0 Å². The molecule has 0 spiro atoms. The molecule has 2 heterocycles. The summed E-state index contributed by atoms with van der Waals surface area (Å²) < 4.78 is 17.0. The van der Waals surface area contributed by atoms with E-state index in [0.717, 1.165) is 97.3 Å². The molecular weight excluding hydrogens is 477 g/mol. The number of hydrogen-bond donors (Lipinski definition) is 2. The van der Waals surface area contributed by atoms with Crippen LogP contribution in [0.4, 0.5) is 0 Å². The second-order valence-corrected chi connectivity index (χ2v) is 8.38. The van der Waals surface area contributed by atoms with E-state index in [1.807, 2.05) is 11.8 Å². The fourth-order valence-corrected chi connectivity index (χ4v) is 4.05. The zero-order valence-corrected chi connectivity index (χ0v) is 20.1. The zero-order valence-electron chi connectivity index (χ0n) is 17.0. The largest absolute Gasteiger partial charge is 0.381 e. The molecule has 2 N–H and O–H groups in total. The van der Waals surface area contributed by atoms with Gasteiger partial charge in [0.2, 0.25) is 0 Å². The molecule has 6 nitrogen and oxygen atoms in total. The Morgan fingerprint density at radius 2 is 1.85 bits per heavy atom. The number of nitrogens with zero attached hydrogens (tertiary/aromatic N) is 1. The minimum absolute atomic E-state index is 0. The molecule has 0 aromatic heterocycles. The summed E-state index contributed by atoms with van der Waals surface area (Å²) in [6.07, 6.45) is 7.62. The van der Waals surface area contributed by atoms with Crippen LogP contribution in [-0.2, 0) is 14.2 Å². The van der Waals surface area contributed by atoms with Crippen molar-refractivity contribution in [2.75, 3.05) is 65.5 Å². The van der Waals surface area contributed by atoms with Gasteiger partial charge in [0.25, 0.3) is 0 Å². The Kier molecular flexibility index (Phi) is 14.2. The monoisotopic (exact) mass is 515 g/mol. The second-order valence-electron chi connectivity index (χ2n) is 7.11. The molecule has 0 atom stereocenters. The first kappa shape index (κ1) is 25.3. The minimum Gasteiger partial charge on any atom is -0.381 e. The SMILES string of the molecule is CCNC(=NCC1(SC)CCOCC1)NCCCOCC1CCOCC1.I. The van der Waals surface area contributed by atoms with Gasteiger partial charge in [-0.2, -0.15) is 11.8 Å². The zero-order chi connectivity index (χ0) is 18.5. The number of ether oxygens (including phenoxy) is 3. The molecule has 2 aliphatic heterocycles. The van der Waals surface area contributed by atoms with Gasteiger partial charge in [0.05, 0.1) is 6.54 Å². The van der Waals surface area contributed by atoms with Crippen LogP contribution in [0.2, 0.25) is 0 Å². The molecule has 8 heteroatoms. The molecule has 0 unspecified atom stereocenters. The minimum atomic E-state index is 0. The molecule has 160 valence electrons. The quantitative estimate of drug-likeness (QED) is 0.202. The maximum Gasteiger partial charge on any atom is 0.191 e. The van der Waals surface area contributed by atoms with Crippen molar-refractivity contribution in [2.45, 2.75) is 43.8 Å². The van der Waals surface area contributed by atoms with Gasteiger partial charge in [0.15, 0.2) is 5.96 Å². The van der Waals surface area contributed by atoms with Gasteiger partial charge in [0, 0.05) is 57.5 Å². The van der Waals surface area contributed by atoms with Gasteiger partial charge >= 0.3 is 0 Å². The molecule has 2 saturated heterocycles. The molecule has 2 aliphatic rings. The summed E-state index contributed by atoms with van der Waals surface area (Å²) in [6.45, 7) is 9.86. The van der Waals surface area contributed by atoms with Crippen LogP contribution in [-0.4, -0.2) is 76.2 Å². The van der Waals surface area contributed by atoms with Gasteiger partial charge in [-0.3, -0.25) is 4.99 Å². The van der Waals surface area contributed by atoms with Crippen molar-refractivity contribution >= 4 is 41.7 Å². The summed E-state index contributed by atoms with van der Waals surface area (Å²) in [5.41, 5.74) is 0. The van der Waals surface area contributed by atoms with Crippen LogP contribution < -0.4 is 10.6 Å². The second kappa shape index (κ2) is 15.1. The van der Waals surface area contributed by atoms with Crippen molar-refractivity contribution in [1.82, 2.24) is 10.6 Å². The Morgan fingerprint density at radius 3 is 2.52 bits per heavy atom. The fraction of sp³-hybridized carbons (Fsp3) is 0.947. The maximum atomic E-state index is 5.83. The number of hydrogen-bond acceptors (Lipinski definition) is 5. The lowest BCUT2D eigenvalue weighted by molar-refractivity contribution is 0.0203. The summed E-state index contributed by atoms with van der Waals surface area (Å²) >= 11 is 1.93. The highest BCUT2D eigenvalue weighted by molar-refractivity contribution is 14.0. The molecule has 0 radical (unpaired) electrons. The van der Waals surface area contributed by atoms with E-state index in [1.165, 1.54) is 0 Å². The van der Waals surface area contributed by atoms with Crippen LogP contribution in [0, 0.1) is 5.92 Å². The fourth-order valence-electron chi connectivity index (χ4n) is 3.28. The first-order valence-corrected chi connectivity index (χ1v) is 11.3. The number of aliphatic imine (C=N–C) groups is 1. The highest BCUT2D eigenvalue weighted by atomic mass is 127. The number of halogens is 1. The van der Waals surface area contributed by atoms with Crippen molar-refractivity contribution in [1.29, 1.82) is 0 Å². The molecule has 27 heavy (non-hydrogen) atoms. The first-order chi connectivity index (χ1) is 12.8. The lowest BCUT2D eigenvalue weighted by Crippen LogP contribution is -2.41. The van der Waals surface area contributed by atoms with Crippen molar-refractivity contribution < 1.29 is 14.2 Å². The third kappa shape index (κ3) is 10.0. The van der Waals surface area contributed by atoms with Crippen LogP contribution in [0.3, 0.4) is 0 Å². The summed E-state index contributed by atoms with van der Waals surface area (Å²) in [4.78, 5) is 4.83. The van der Waals surface area contributed by atoms with Crippen LogP contribution in [0.1, 0.15) is 39.0 Å². The van der Waals surface area contributed by atoms with Crippen LogP contribution in [0.15, 0.2) is 4.99 Å². The Hall–Kier alpha value is 0.230. The highest BCUT2D eigenvalue weighted by Gasteiger charge is 2.31. The van der Waals surface area contributed by atoms with Crippen LogP contribution in [0.25, 0.3) is 0 Å². The summed E-state index contributed by atoms with van der Waals surface area (Å²) in [5.74, 6) is 1.59. The molecule has 0 bridgehead atoms. The van der Waals surface area contributed by atoms with Crippen molar-refractivity contribution in [3.63, 3.8) is 0 Å². The van der Waals surface area contributed by atoms with E-state index in [0.29, 0.717) is 5.92 Å². The Balaban J connectivity index is 0.00000364. The van der Waals surface area contributed by atoms with E-state index in [2.05, 4.69) is 23.8 Å². The lowest BCUT2D eigenvalue weighted by atomic mass is 9.99. The van der Waals surface area contributed by atoms with Gasteiger partial charge in [-0.15, -0.1) is 24.0 Å². The molecule has 0 aromatic carbocycles. The third-order valence-electron chi connectivity index (χ3n) is 5.16. The predicted octanol–water partition coefficient (Wildman–Crippen LogP) is 2.91. The molecule has 0 aliphatic carbocycles. The summed E-state index contributed by atoms with van der Waals surface area (Å²) in [6, 6.07) is 0. The molecule has 2 fully saturated rings. The van der Waals surface area contributed by atoms with Gasteiger partial charge in [-0.05, 0) is 51.2 Å². The Labute approximate surface area is 186 Å². The number of thioether (sulfide) groups is 1. The number of guanidine groups is 1. The van der Waals surface area contributed by atoms with Crippen molar-refractivity contribution in [3.8, 4) is 0 Å². The van der Waals surface area contributed by atoms with Crippen LogP contribution in [0.5, 0.6) is 0 Å². The molecule has 0 saturated carbocycles. The first-order valence-electron chi connectivity index (χ1n) is 10.1. The lowest BCUT2D eigenvalue weighted by Gasteiger charge is -2.34. The Bertz CT molecular complexity index is 404. The van der Waals surface area contributed by atoms with E-state index in [4.69, 9.17) is 19.2 Å². The van der Waals surface area contributed by atoms with Gasteiger partial charge < -0.3 is 24.8 Å².